The molecule has 0 bridgehead atoms. The van der Waals surface area contributed by atoms with Crippen LogP contribution in [0.4, 0.5) is 11.4 Å². The average Bonchev–Trinajstić information content (AvgIpc) is 3.20. The number of aryl methyl sites for hydroxylation is 2. The summed E-state index contributed by atoms with van der Waals surface area (Å²) >= 11 is 0. The Balaban J connectivity index is 1.60. The number of hydrogen-bond donors (Lipinski definition) is 1. The van der Waals surface area contributed by atoms with Gasteiger partial charge in [-0.25, -0.2) is 0 Å². The van der Waals surface area contributed by atoms with Crippen molar-refractivity contribution in [2.24, 2.45) is 7.05 Å². The predicted octanol–water partition coefficient (Wildman–Crippen LogP) is 3.86. The summed E-state index contributed by atoms with van der Waals surface area (Å²) in [5.74, 6) is -0.395. The monoisotopic (exact) mass is 371 g/mol. The summed E-state index contributed by atoms with van der Waals surface area (Å²) in [6.07, 6.45) is 3.81. The minimum Gasteiger partial charge on any atom is -0.351 e. The van der Waals surface area contributed by atoms with Gasteiger partial charge in [0.05, 0.1) is 11.3 Å². The van der Waals surface area contributed by atoms with E-state index in [0.29, 0.717) is 5.57 Å². The summed E-state index contributed by atoms with van der Waals surface area (Å²) in [6, 6.07) is 19.0. The zero-order valence-electron chi connectivity index (χ0n) is 15.8. The molecule has 0 atom stereocenters. The van der Waals surface area contributed by atoms with Crippen molar-refractivity contribution in [2.75, 3.05) is 16.8 Å². The van der Waals surface area contributed by atoms with E-state index in [-0.39, 0.29) is 18.4 Å². The Morgan fingerprint density at radius 1 is 1.04 bits per heavy atom. The summed E-state index contributed by atoms with van der Waals surface area (Å²) in [5, 5.41) is 2.86. The van der Waals surface area contributed by atoms with Crippen LogP contribution in [-0.4, -0.2) is 22.9 Å². The van der Waals surface area contributed by atoms with Crippen LogP contribution in [0.5, 0.6) is 0 Å². The van der Waals surface area contributed by atoms with Crippen molar-refractivity contribution in [1.82, 2.24) is 4.57 Å². The quantitative estimate of drug-likeness (QED) is 0.708. The van der Waals surface area contributed by atoms with Gasteiger partial charge in [0, 0.05) is 30.2 Å². The summed E-state index contributed by atoms with van der Waals surface area (Å²) < 4.78 is 1.95. The molecule has 4 rings (SSSR count). The number of fused-ring (bicyclic) bond motifs is 1. The summed E-state index contributed by atoms with van der Waals surface area (Å²) in [6.45, 7) is 1.96. The van der Waals surface area contributed by atoms with Crippen molar-refractivity contribution >= 4 is 34.8 Å². The minimum atomic E-state index is -0.230. The molecule has 0 radical (unpaired) electrons. The van der Waals surface area contributed by atoms with Gasteiger partial charge >= 0.3 is 0 Å². The van der Waals surface area contributed by atoms with Gasteiger partial charge in [0.25, 0.3) is 5.91 Å². The number of aromatic nitrogens is 1. The molecular formula is C23H21N3O2. The summed E-state index contributed by atoms with van der Waals surface area (Å²) in [5.41, 5.74) is 4.97. The largest absolute Gasteiger partial charge is 0.351 e. The molecule has 2 amide bonds. The molecule has 3 aromatic rings. The lowest BCUT2D eigenvalue weighted by molar-refractivity contribution is -0.118. The number of anilines is 2. The Morgan fingerprint density at radius 2 is 1.79 bits per heavy atom. The molecule has 1 aliphatic rings. The van der Waals surface area contributed by atoms with Crippen molar-refractivity contribution in [2.45, 2.75) is 6.92 Å². The lowest BCUT2D eigenvalue weighted by Crippen LogP contribution is -2.35. The van der Waals surface area contributed by atoms with Gasteiger partial charge < -0.3 is 9.88 Å². The highest BCUT2D eigenvalue weighted by atomic mass is 16.2. The highest BCUT2D eigenvalue weighted by molar-refractivity contribution is 6.36. The number of hydrogen-bond acceptors (Lipinski definition) is 2. The van der Waals surface area contributed by atoms with E-state index < -0.39 is 0 Å². The standard InChI is InChI=1S/C23H21N3O2/c1-16-9-11-17(12-10-16)24-22(27)15-26-21-8-4-3-7-19(21)20(23(26)28)14-18-6-5-13-25(18)2/h3-14H,15H2,1-2H3,(H,24,27)/b20-14+. The summed E-state index contributed by atoms with van der Waals surface area (Å²) in [4.78, 5) is 27.2. The van der Waals surface area contributed by atoms with Crippen LogP contribution < -0.4 is 10.2 Å². The molecule has 0 spiro atoms. The molecule has 0 fully saturated rings. The van der Waals surface area contributed by atoms with Crippen LogP contribution in [0.25, 0.3) is 11.6 Å². The maximum atomic E-state index is 13.1. The number of benzene rings is 2. The van der Waals surface area contributed by atoms with Gasteiger partial charge in [-0.3, -0.25) is 14.5 Å². The van der Waals surface area contributed by atoms with Crippen LogP contribution in [0.3, 0.4) is 0 Å². The van der Waals surface area contributed by atoms with E-state index in [4.69, 9.17) is 0 Å². The van der Waals surface area contributed by atoms with Crippen LogP contribution in [0.1, 0.15) is 16.8 Å². The van der Waals surface area contributed by atoms with Crippen molar-refractivity contribution in [3.63, 3.8) is 0 Å². The smallest absolute Gasteiger partial charge is 0.259 e. The van der Waals surface area contributed by atoms with Crippen LogP contribution in [0, 0.1) is 6.92 Å². The number of carbonyl (C=O) groups excluding carboxylic acids is 2. The van der Waals surface area contributed by atoms with Gasteiger partial charge in [-0.05, 0) is 43.3 Å². The normalized spacial score (nSPS) is 14.4. The van der Waals surface area contributed by atoms with Crippen molar-refractivity contribution in [1.29, 1.82) is 0 Å². The minimum absolute atomic E-state index is 0.0335. The van der Waals surface area contributed by atoms with E-state index in [1.807, 2.05) is 91.5 Å². The fourth-order valence-corrected chi connectivity index (χ4v) is 3.36. The lowest BCUT2D eigenvalue weighted by Gasteiger charge is -2.16. The van der Waals surface area contributed by atoms with Crippen LogP contribution in [0.2, 0.25) is 0 Å². The molecule has 0 unspecified atom stereocenters. The molecule has 0 saturated carbocycles. The maximum Gasteiger partial charge on any atom is 0.259 e. The molecule has 5 heteroatoms. The van der Waals surface area contributed by atoms with Crippen molar-refractivity contribution in [3.05, 3.63) is 83.7 Å². The second-order valence-corrected chi connectivity index (χ2v) is 6.92. The van der Waals surface area contributed by atoms with Crippen LogP contribution in [0.15, 0.2) is 66.9 Å². The van der Waals surface area contributed by atoms with Gasteiger partial charge in [-0.1, -0.05) is 35.9 Å². The van der Waals surface area contributed by atoms with Crippen molar-refractivity contribution in [3.8, 4) is 0 Å². The van der Waals surface area contributed by atoms with Gasteiger partial charge in [0.15, 0.2) is 0 Å². The Bertz CT molecular complexity index is 1080. The Kier molecular flexibility index (Phi) is 4.57. The third kappa shape index (κ3) is 3.34. The number of para-hydroxylation sites is 1. The maximum absolute atomic E-state index is 13.1. The first kappa shape index (κ1) is 17.8. The molecule has 1 aliphatic heterocycles. The molecule has 140 valence electrons. The first-order valence-electron chi connectivity index (χ1n) is 9.14. The SMILES string of the molecule is Cc1ccc(NC(=O)CN2C(=O)/C(=C/c3cccn3C)c3ccccc32)cc1. The summed E-state index contributed by atoms with van der Waals surface area (Å²) in [7, 11) is 1.94. The van der Waals surface area contributed by atoms with Crippen LogP contribution in [-0.2, 0) is 16.6 Å². The van der Waals surface area contributed by atoms with Gasteiger partial charge in [-0.15, -0.1) is 0 Å². The van der Waals surface area contributed by atoms with E-state index >= 15 is 0 Å². The molecule has 5 nitrogen and oxygen atoms in total. The van der Waals surface area contributed by atoms with Gasteiger partial charge in [-0.2, -0.15) is 0 Å². The molecule has 1 aromatic heterocycles. The molecule has 28 heavy (non-hydrogen) atoms. The first-order valence-corrected chi connectivity index (χ1v) is 9.14. The number of amides is 2. The number of rotatable bonds is 4. The first-order chi connectivity index (χ1) is 13.5. The zero-order chi connectivity index (χ0) is 19.7. The second-order valence-electron chi connectivity index (χ2n) is 6.92. The van der Waals surface area contributed by atoms with Crippen molar-refractivity contribution < 1.29 is 9.59 Å². The molecule has 1 N–H and O–H groups in total. The second kappa shape index (κ2) is 7.19. The number of nitrogens with zero attached hydrogens (tertiary/aromatic N) is 2. The molecule has 0 aliphatic carbocycles. The molecule has 2 heterocycles. The average molecular weight is 371 g/mol. The fraction of sp³-hybridized carbons (Fsp3) is 0.130. The molecular weight excluding hydrogens is 350 g/mol. The Labute approximate surface area is 163 Å². The van der Waals surface area contributed by atoms with E-state index in [2.05, 4.69) is 5.32 Å². The zero-order valence-corrected chi connectivity index (χ0v) is 15.8. The van der Waals surface area contributed by atoms with E-state index in [1.165, 1.54) is 4.90 Å². The third-order valence-electron chi connectivity index (χ3n) is 4.87. The van der Waals surface area contributed by atoms with E-state index in [0.717, 1.165) is 28.2 Å². The number of nitrogens with one attached hydrogen (secondary N) is 1. The fourth-order valence-electron chi connectivity index (χ4n) is 3.36. The highest BCUT2D eigenvalue weighted by Gasteiger charge is 2.33. The Hall–Kier alpha value is -3.60. The molecule has 2 aromatic carbocycles. The van der Waals surface area contributed by atoms with E-state index in [1.54, 1.807) is 0 Å². The van der Waals surface area contributed by atoms with Crippen LogP contribution >= 0.6 is 0 Å². The predicted molar refractivity (Wildman–Crippen MR) is 112 cm³/mol. The lowest BCUT2D eigenvalue weighted by atomic mass is 10.1. The third-order valence-corrected chi connectivity index (χ3v) is 4.87. The van der Waals surface area contributed by atoms with Gasteiger partial charge in [0.1, 0.15) is 6.54 Å². The Morgan fingerprint density at radius 3 is 2.50 bits per heavy atom. The van der Waals surface area contributed by atoms with Gasteiger partial charge in [0.2, 0.25) is 5.91 Å². The topological polar surface area (TPSA) is 54.3 Å². The number of carbonyl (C=O) groups is 2. The van der Waals surface area contributed by atoms with E-state index in [9.17, 15) is 9.59 Å². The highest BCUT2D eigenvalue weighted by Crippen LogP contribution is 2.37. The molecule has 0 saturated heterocycles.